The molecule has 0 amide bonds. The topological polar surface area (TPSA) is 45.9 Å². The summed E-state index contributed by atoms with van der Waals surface area (Å²) >= 11 is 0. The highest BCUT2D eigenvalue weighted by molar-refractivity contribution is 6.69. The minimum atomic E-state index is -1.73. The van der Waals surface area contributed by atoms with Crippen LogP contribution in [0.5, 0.6) is 0 Å². The fourth-order valence-corrected chi connectivity index (χ4v) is 2.68. The number of pyridine rings is 1. The highest BCUT2D eigenvalue weighted by Gasteiger charge is 2.22. The first kappa shape index (κ1) is 12.7. The van der Waals surface area contributed by atoms with Gasteiger partial charge in [0.1, 0.15) is 0 Å². The molecule has 0 fully saturated rings. The van der Waals surface area contributed by atoms with Crippen molar-refractivity contribution < 1.29 is 4.43 Å². The summed E-state index contributed by atoms with van der Waals surface area (Å²) in [6.45, 7) is 6.25. The Bertz CT molecular complexity index is 599. The number of hydrogen-bond acceptors (Lipinski definition) is 3. The number of nitrogens with zero attached hydrogens (tertiary/aromatic N) is 2. The maximum absolute atomic E-state index is 9.25. The van der Waals surface area contributed by atoms with E-state index in [-0.39, 0.29) is 0 Å². The highest BCUT2D eigenvalue weighted by atomic mass is 28.4. The van der Waals surface area contributed by atoms with Crippen LogP contribution >= 0.6 is 0 Å². The summed E-state index contributed by atoms with van der Waals surface area (Å²) in [5.41, 5.74) is 1.84. The zero-order valence-corrected chi connectivity index (χ0v) is 11.8. The third-order valence-electron chi connectivity index (χ3n) is 2.52. The predicted molar refractivity (Wildman–Crippen MR) is 74.5 cm³/mol. The Morgan fingerprint density at radius 1 is 1.28 bits per heavy atom. The maximum atomic E-state index is 9.25. The lowest BCUT2D eigenvalue weighted by Gasteiger charge is -2.22. The molecule has 1 aromatic carbocycles. The lowest BCUT2D eigenvalue weighted by molar-refractivity contribution is 0.255. The van der Waals surface area contributed by atoms with Crippen LogP contribution in [0.15, 0.2) is 36.5 Å². The number of aromatic nitrogens is 1. The SMILES string of the molecule is C[Si](C)(C)OC(C#N)c1ccc2ncccc2c1. The molecule has 0 radical (unpaired) electrons. The van der Waals surface area contributed by atoms with Gasteiger partial charge in [-0.05, 0) is 43.4 Å². The van der Waals surface area contributed by atoms with Gasteiger partial charge in [-0.1, -0.05) is 12.1 Å². The molecule has 0 aliphatic heterocycles. The van der Waals surface area contributed by atoms with Crippen LogP contribution in [0.4, 0.5) is 0 Å². The van der Waals surface area contributed by atoms with Crippen molar-refractivity contribution in [3.8, 4) is 6.07 Å². The fraction of sp³-hybridized carbons (Fsp3) is 0.286. The van der Waals surface area contributed by atoms with Crippen LogP contribution in [0.3, 0.4) is 0 Å². The summed E-state index contributed by atoms with van der Waals surface area (Å²) in [5.74, 6) is 0. The summed E-state index contributed by atoms with van der Waals surface area (Å²) in [4.78, 5) is 4.27. The number of fused-ring (bicyclic) bond motifs is 1. The average Bonchev–Trinajstić information content (AvgIpc) is 2.34. The van der Waals surface area contributed by atoms with Gasteiger partial charge in [-0.2, -0.15) is 5.26 Å². The molecular weight excluding hydrogens is 240 g/mol. The van der Waals surface area contributed by atoms with Crippen LogP contribution in [-0.4, -0.2) is 13.3 Å². The summed E-state index contributed by atoms with van der Waals surface area (Å²) in [7, 11) is -1.73. The molecule has 1 atom stereocenters. The highest BCUT2D eigenvalue weighted by Crippen LogP contribution is 2.24. The van der Waals surface area contributed by atoms with E-state index in [1.54, 1.807) is 6.20 Å². The van der Waals surface area contributed by atoms with Crippen LogP contribution in [0.1, 0.15) is 11.7 Å². The molecule has 0 aliphatic carbocycles. The van der Waals surface area contributed by atoms with Crippen LogP contribution in [-0.2, 0) is 4.43 Å². The first-order valence-corrected chi connectivity index (χ1v) is 9.32. The zero-order valence-electron chi connectivity index (χ0n) is 10.8. The molecule has 92 valence electrons. The van der Waals surface area contributed by atoms with Crippen molar-refractivity contribution in [2.75, 3.05) is 0 Å². The van der Waals surface area contributed by atoms with E-state index >= 15 is 0 Å². The number of nitriles is 1. The van der Waals surface area contributed by atoms with E-state index in [1.165, 1.54) is 0 Å². The molecule has 2 aromatic rings. The van der Waals surface area contributed by atoms with Crippen LogP contribution < -0.4 is 0 Å². The Kier molecular flexibility index (Phi) is 3.46. The molecule has 1 heterocycles. The van der Waals surface area contributed by atoms with E-state index < -0.39 is 14.4 Å². The van der Waals surface area contributed by atoms with E-state index in [9.17, 15) is 5.26 Å². The number of hydrogen-bond donors (Lipinski definition) is 0. The Labute approximate surface area is 108 Å². The molecule has 1 unspecified atom stereocenters. The molecular formula is C14H16N2OSi. The maximum Gasteiger partial charge on any atom is 0.186 e. The van der Waals surface area contributed by atoms with Crippen molar-refractivity contribution >= 4 is 19.2 Å². The van der Waals surface area contributed by atoms with Crippen LogP contribution in [0.2, 0.25) is 19.6 Å². The molecule has 0 N–H and O–H groups in total. The first-order chi connectivity index (χ1) is 8.49. The van der Waals surface area contributed by atoms with Crippen LogP contribution in [0.25, 0.3) is 10.9 Å². The molecule has 0 bridgehead atoms. The Hall–Kier alpha value is -1.70. The van der Waals surface area contributed by atoms with Gasteiger partial charge < -0.3 is 4.43 Å². The van der Waals surface area contributed by atoms with E-state index in [0.717, 1.165) is 16.5 Å². The molecule has 18 heavy (non-hydrogen) atoms. The largest absolute Gasteiger partial charge is 0.399 e. The molecule has 2 rings (SSSR count). The lowest BCUT2D eigenvalue weighted by atomic mass is 10.1. The summed E-state index contributed by atoms with van der Waals surface area (Å²) in [6, 6.07) is 12.0. The van der Waals surface area contributed by atoms with Gasteiger partial charge in [-0.3, -0.25) is 4.98 Å². The van der Waals surface area contributed by atoms with Crippen molar-refractivity contribution in [3.63, 3.8) is 0 Å². The molecule has 4 heteroatoms. The van der Waals surface area contributed by atoms with E-state index in [0.29, 0.717) is 0 Å². The Balaban J connectivity index is 2.37. The molecule has 3 nitrogen and oxygen atoms in total. The molecule has 0 aliphatic rings. The fourth-order valence-electron chi connectivity index (χ4n) is 1.78. The number of benzene rings is 1. The summed E-state index contributed by atoms with van der Waals surface area (Å²) < 4.78 is 5.88. The van der Waals surface area contributed by atoms with Crippen molar-refractivity contribution in [2.45, 2.75) is 25.7 Å². The normalized spacial score (nSPS) is 13.2. The standard InChI is InChI=1S/C14H16N2OSi/c1-18(2,3)17-14(10-15)12-6-7-13-11(9-12)5-4-8-16-13/h4-9,14H,1-3H3. The monoisotopic (exact) mass is 256 g/mol. The second-order valence-electron chi connectivity index (χ2n) is 5.19. The van der Waals surface area contributed by atoms with E-state index in [2.05, 4.69) is 30.7 Å². The molecule has 0 saturated carbocycles. The lowest BCUT2D eigenvalue weighted by Crippen LogP contribution is -2.27. The third-order valence-corrected chi connectivity index (χ3v) is 3.46. The van der Waals surface area contributed by atoms with Gasteiger partial charge in [0.05, 0.1) is 11.6 Å². The third kappa shape index (κ3) is 2.95. The van der Waals surface area contributed by atoms with Gasteiger partial charge in [0, 0.05) is 11.6 Å². The van der Waals surface area contributed by atoms with E-state index in [4.69, 9.17) is 4.43 Å². The number of rotatable bonds is 3. The minimum absolute atomic E-state index is 0.485. The quantitative estimate of drug-likeness (QED) is 0.787. The summed E-state index contributed by atoms with van der Waals surface area (Å²) in [6.07, 6.45) is 1.28. The van der Waals surface area contributed by atoms with Crippen LogP contribution in [0, 0.1) is 11.3 Å². The van der Waals surface area contributed by atoms with Gasteiger partial charge in [-0.15, -0.1) is 0 Å². The van der Waals surface area contributed by atoms with Gasteiger partial charge in [0.15, 0.2) is 14.4 Å². The van der Waals surface area contributed by atoms with Gasteiger partial charge in [0.2, 0.25) is 0 Å². The second-order valence-corrected chi connectivity index (χ2v) is 9.66. The van der Waals surface area contributed by atoms with Crippen molar-refractivity contribution in [3.05, 3.63) is 42.1 Å². The molecule has 0 spiro atoms. The van der Waals surface area contributed by atoms with Crippen molar-refractivity contribution in [2.24, 2.45) is 0 Å². The smallest absolute Gasteiger partial charge is 0.186 e. The first-order valence-electron chi connectivity index (χ1n) is 5.92. The van der Waals surface area contributed by atoms with Crippen molar-refractivity contribution in [1.82, 2.24) is 4.98 Å². The van der Waals surface area contributed by atoms with Gasteiger partial charge >= 0.3 is 0 Å². The summed E-state index contributed by atoms with van der Waals surface area (Å²) in [5, 5.41) is 10.3. The molecule has 0 saturated heterocycles. The second kappa shape index (κ2) is 4.89. The minimum Gasteiger partial charge on any atom is -0.399 e. The van der Waals surface area contributed by atoms with Crippen molar-refractivity contribution in [1.29, 1.82) is 5.26 Å². The predicted octanol–water partition coefficient (Wildman–Crippen LogP) is 3.65. The average molecular weight is 256 g/mol. The zero-order chi connectivity index (χ0) is 13.2. The van der Waals surface area contributed by atoms with Gasteiger partial charge in [0.25, 0.3) is 0 Å². The van der Waals surface area contributed by atoms with E-state index in [1.807, 2.05) is 30.3 Å². The molecule has 1 aromatic heterocycles. The van der Waals surface area contributed by atoms with Gasteiger partial charge in [-0.25, -0.2) is 0 Å². The Morgan fingerprint density at radius 3 is 2.72 bits per heavy atom. The Morgan fingerprint density at radius 2 is 2.06 bits per heavy atom.